The topological polar surface area (TPSA) is 44.7 Å². The zero-order valence-electron chi connectivity index (χ0n) is 13.9. The average molecular weight is 304 g/mol. The summed E-state index contributed by atoms with van der Waals surface area (Å²) in [4.78, 5) is 2.38. The molecule has 2 aliphatic heterocycles. The molecule has 122 valence electrons. The van der Waals surface area contributed by atoms with Crippen molar-refractivity contribution in [2.75, 3.05) is 24.5 Å². The molecule has 1 fully saturated rings. The minimum absolute atomic E-state index is 0.204. The Balaban J connectivity index is 1.87. The van der Waals surface area contributed by atoms with Crippen LogP contribution in [0.2, 0.25) is 0 Å². The van der Waals surface area contributed by atoms with E-state index in [1.807, 2.05) is 12.1 Å². The van der Waals surface area contributed by atoms with Gasteiger partial charge in [0.2, 0.25) is 0 Å². The van der Waals surface area contributed by atoms with Gasteiger partial charge in [-0.2, -0.15) is 0 Å². The number of aliphatic hydroxyl groups is 1. The van der Waals surface area contributed by atoms with Crippen molar-refractivity contribution < 1.29 is 9.84 Å². The molecule has 22 heavy (non-hydrogen) atoms. The van der Waals surface area contributed by atoms with E-state index in [0.717, 1.165) is 49.5 Å². The van der Waals surface area contributed by atoms with Crippen molar-refractivity contribution in [3.8, 4) is 5.75 Å². The van der Waals surface area contributed by atoms with Crippen LogP contribution in [0, 0.1) is 5.92 Å². The molecule has 0 amide bonds. The lowest BCUT2D eigenvalue weighted by Gasteiger charge is -2.38. The van der Waals surface area contributed by atoms with Crippen molar-refractivity contribution in [3.05, 3.63) is 23.8 Å². The molecule has 1 aromatic rings. The lowest BCUT2D eigenvalue weighted by Crippen LogP contribution is -2.42. The third-order valence-corrected chi connectivity index (χ3v) is 4.87. The molecule has 2 aliphatic rings. The molecule has 0 aliphatic carbocycles. The van der Waals surface area contributed by atoms with E-state index in [0.29, 0.717) is 12.0 Å². The summed E-state index contributed by atoms with van der Waals surface area (Å²) < 4.78 is 5.96. The van der Waals surface area contributed by atoms with E-state index in [4.69, 9.17) is 4.74 Å². The molecule has 0 saturated carbocycles. The highest BCUT2D eigenvalue weighted by molar-refractivity contribution is 5.62. The Morgan fingerprint density at radius 3 is 2.68 bits per heavy atom. The maximum Gasteiger partial charge on any atom is 0.143 e. The van der Waals surface area contributed by atoms with Gasteiger partial charge >= 0.3 is 0 Å². The number of fused-ring (bicyclic) bond motifs is 1. The Labute approximate surface area is 133 Å². The van der Waals surface area contributed by atoms with E-state index in [-0.39, 0.29) is 12.2 Å². The van der Waals surface area contributed by atoms with Gasteiger partial charge in [0.05, 0.1) is 18.3 Å². The fourth-order valence-corrected chi connectivity index (χ4v) is 3.59. The minimum atomic E-state index is -0.374. The summed E-state index contributed by atoms with van der Waals surface area (Å²) in [6.07, 6.45) is 1.91. The van der Waals surface area contributed by atoms with Crippen LogP contribution >= 0.6 is 0 Å². The van der Waals surface area contributed by atoms with Crippen molar-refractivity contribution in [2.45, 2.75) is 51.9 Å². The van der Waals surface area contributed by atoms with Crippen molar-refractivity contribution >= 4 is 5.69 Å². The largest absolute Gasteiger partial charge is 0.487 e. The van der Waals surface area contributed by atoms with Crippen molar-refractivity contribution in [3.63, 3.8) is 0 Å². The summed E-state index contributed by atoms with van der Waals surface area (Å²) in [5.41, 5.74) is 2.15. The van der Waals surface area contributed by atoms with Gasteiger partial charge in [-0.05, 0) is 70.3 Å². The monoisotopic (exact) mass is 304 g/mol. The molecular formula is C18H28N2O2. The van der Waals surface area contributed by atoms with Gasteiger partial charge in [0.25, 0.3) is 0 Å². The fraction of sp³-hybridized carbons (Fsp3) is 0.667. The van der Waals surface area contributed by atoms with Gasteiger partial charge in [-0.25, -0.2) is 0 Å². The first-order valence-corrected chi connectivity index (χ1v) is 8.52. The lowest BCUT2D eigenvalue weighted by molar-refractivity contribution is 0.0888. The molecule has 2 unspecified atom stereocenters. The van der Waals surface area contributed by atoms with Gasteiger partial charge in [0.15, 0.2) is 0 Å². The van der Waals surface area contributed by atoms with E-state index in [2.05, 4.69) is 37.1 Å². The maximum atomic E-state index is 10.7. The van der Waals surface area contributed by atoms with Crippen LogP contribution in [0.4, 0.5) is 5.69 Å². The van der Waals surface area contributed by atoms with Gasteiger partial charge in [-0.15, -0.1) is 0 Å². The highest BCUT2D eigenvalue weighted by Gasteiger charge is 2.28. The Kier molecular flexibility index (Phi) is 4.59. The molecule has 2 N–H and O–H groups in total. The molecule has 2 heterocycles. The average Bonchev–Trinajstić information content (AvgIpc) is 2.53. The summed E-state index contributed by atoms with van der Waals surface area (Å²) in [5, 5.41) is 14.1. The molecule has 1 saturated heterocycles. The molecule has 0 bridgehead atoms. The molecule has 4 heteroatoms. The predicted molar refractivity (Wildman–Crippen MR) is 89.6 cm³/mol. The number of anilines is 1. The van der Waals surface area contributed by atoms with Crippen LogP contribution in [-0.2, 0) is 0 Å². The number of nitrogens with zero attached hydrogens (tertiary/aromatic N) is 1. The number of benzene rings is 1. The van der Waals surface area contributed by atoms with Gasteiger partial charge in [0.1, 0.15) is 11.9 Å². The number of rotatable bonds is 3. The van der Waals surface area contributed by atoms with Crippen molar-refractivity contribution in [1.29, 1.82) is 0 Å². The standard InChI is InChI=1S/C18H28N2O2/c1-12(2)20-11-13(3)22-17-5-4-15(10-16(17)20)18(21)14-6-8-19-9-7-14/h4-5,10,12-14,18-19,21H,6-9,11H2,1-3H3. The zero-order chi connectivity index (χ0) is 15.7. The van der Waals surface area contributed by atoms with Crippen LogP contribution in [0.5, 0.6) is 5.75 Å². The first kappa shape index (κ1) is 15.6. The number of ether oxygens (including phenoxy) is 1. The second-order valence-electron chi connectivity index (χ2n) is 6.93. The Morgan fingerprint density at radius 1 is 1.27 bits per heavy atom. The van der Waals surface area contributed by atoms with Crippen LogP contribution in [0.25, 0.3) is 0 Å². The van der Waals surface area contributed by atoms with Crippen LogP contribution < -0.4 is 15.0 Å². The predicted octanol–water partition coefficient (Wildman–Crippen LogP) is 2.72. The molecule has 1 aromatic carbocycles. The number of nitrogens with one attached hydrogen (secondary N) is 1. The molecule has 2 atom stereocenters. The highest BCUT2D eigenvalue weighted by atomic mass is 16.5. The van der Waals surface area contributed by atoms with E-state index < -0.39 is 0 Å². The summed E-state index contributed by atoms with van der Waals surface area (Å²) in [5.74, 6) is 1.30. The van der Waals surface area contributed by atoms with Gasteiger partial charge in [-0.3, -0.25) is 0 Å². The molecule has 0 aromatic heterocycles. The first-order chi connectivity index (χ1) is 10.6. The van der Waals surface area contributed by atoms with E-state index in [9.17, 15) is 5.11 Å². The van der Waals surface area contributed by atoms with Crippen LogP contribution in [-0.4, -0.2) is 36.9 Å². The lowest BCUT2D eigenvalue weighted by atomic mass is 9.88. The summed E-state index contributed by atoms with van der Waals surface area (Å²) in [6, 6.07) is 6.62. The summed E-state index contributed by atoms with van der Waals surface area (Å²) >= 11 is 0. The molecular weight excluding hydrogens is 276 g/mol. The van der Waals surface area contributed by atoms with E-state index in [1.165, 1.54) is 0 Å². The normalized spacial score (nSPS) is 24.0. The summed E-state index contributed by atoms with van der Waals surface area (Å²) in [7, 11) is 0. The molecule has 3 rings (SSSR count). The first-order valence-electron chi connectivity index (χ1n) is 8.52. The quantitative estimate of drug-likeness (QED) is 0.901. The number of aliphatic hydroxyl groups excluding tert-OH is 1. The number of hydrogen-bond acceptors (Lipinski definition) is 4. The second kappa shape index (κ2) is 6.47. The molecule has 4 nitrogen and oxygen atoms in total. The van der Waals surface area contributed by atoms with Crippen LogP contribution in [0.3, 0.4) is 0 Å². The molecule has 0 radical (unpaired) electrons. The van der Waals surface area contributed by atoms with Crippen molar-refractivity contribution in [1.82, 2.24) is 5.32 Å². The zero-order valence-corrected chi connectivity index (χ0v) is 13.9. The number of piperidine rings is 1. The van der Waals surface area contributed by atoms with Gasteiger partial charge < -0.3 is 20.1 Å². The number of hydrogen-bond donors (Lipinski definition) is 2. The second-order valence-corrected chi connectivity index (χ2v) is 6.93. The fourth-order valence-electron chi connectivity index (χ4n) is 3.59. The third-order valence-electron chi connectivity index (χ3n) is 4.87. The van der Waals surface area contributed by atoms with Crippen LogP contribution in [0.15, 0.2) is 18.2 Å². The smallest absolute Gasteiger partial charge is 0.143 e. The Hall–Kier alpha value is -1.26. The highest BCUT2D eigenvalue weighted by Crippen LogP contribution is 2.38. The maximum absolute atomic E-state index is 10.7. The van der Waals surface area contributed by atoms with Crippen molar-refractivity contribution in [2.24, 2.45) is 5.92 Å². The summed E-state index contributed by atoms with van der Waals surface area (Å²) in [6.45, 7) is 9.43. The molecule has 0 spiro atoms. The Morgan fingerprint density at radius 2 is 2.00 bits per heavy atom. The third kappa shape index (κ3) is 3.08. The van der Waals surface area contributed by atoms with Gasteiger partial charge in [-0.1, -0.05) is 6.07 Å². The van der Waals surface area contributed by atoms with Gasteiger partial charge in [0, 0.05) is 6.04 Å². The van der Waals surface area contributed by atoms with E-state index in [1.54, 1.807) is 0 Å². The Bertz CT molecular complexity index is 512. The van der Waals surface area contributed by atoms with Crippen LogP contribution in [0.1, 0.15) is 45.3 Å². The minimum Gasteiger partial charge on any atom is -0.487 e. The van der Waals surface area contributed by atoms with E-state index >= 15 is 0 Å². The SMILES string of the molecule is CC1CN(C(C)C)c2cc(C(O)C3CCNCC3)ccc2O1.